The molecule has 0 fully saturated rings. The number of nitrogens with zero attached hydrogens (tertiary/aromatic N) is 3. The lowest BCUT2D eigenvalue weighted by Crippen LogP contribution is -2.12. The van der Waals surface area contributed by atoms with Crippen LogP contribution in [0.1, 0.15) is 23.5 Å². The van der Waals surface area contributed by atoms with E-state index in [4.69, 9.17) is 21.7 Å². The highest BCUT2D eigenvalue weighted by Gasteiger charge is 2.14. The van der Waals surface area contributed by atoms with Crippen LogP contribution in [0.2, 0.25) is 0 Å². The number of H-pyrrole nitrogens is 1. The molecule has 1 aliphatic rings. The molecule has 2 aromatic heterocycles. The van der Waals surface area contributed by atoms with Gasteiger partial charge in [0.1, 0.15) is 5.82 Å². The summed E-state index contributed by atoms with van der Waals surface area (Å²) in [7, 11) is 1.85. The van der Waals surface area contributed by atoms with Crippen LogP contribution < -0.4 is 14.8 Å². The van der Waals surface area contributed by atoms with E-state index in [0.29, 0.717) is 29.2 Å². The quantitative estimate of drug-likeness (QED) is 0.615. The van der Waals surface area contributed by atoms with Crippen LogP contribution in [-0.2, 0) is 24.7 Å². The number of aromatic nitrogens is 4. The van der Waals surface area contributed by atoms with Crippen LogP contribution in [0.5, 0.6) is 11.5 Å². The number of anilines is 1. The molecule has 0 aliphatic carbocycles. The standard InChI is InChI=1S/C17H17N5O3S2/c1-22-14(20-21-17(22)26)7-11-8-27-16(18-11)19-15(23)5-3-10-2-4-12-13(6-10)25-9-24-12/h2,4,6,8H,3,5,7,9H2,1H3,(H,21,26)(H,18,19,23). The molecule has 3 aromatic rings. The molecular formula is C17H17N5O3S2. The Bertz CT molecular complexity index is 1040. The highest BCUT2D eigenvalue weighted by Crippen LogP contribution is 2.32. The lowest BCUT2D eigenvalue weighted by molar-refractivity contribution is -0.116. The first-order chi connectivity index (χ1) is 13.1. The number of hydrogen-bond donors (Lipinski definition) is 2. The highest BCUT2D eigenvalue weighted by molar-refractivity contribution is 7.71. The van der Waals surface area contributed by atoms with Crippen molar-refractivity contribution in [1.82, 2.24) is 19.7 Å². The predicted octanol–water partition coefficient (Wildman–Crippen LogP) is 2.82. The van der Waals surface area contributed by atoms with E-state index in [-0.39, 0.29) is 12.7 Å². The average molecular weight is 403 g/mol. The molecule has 1 aromatic carbocycles. The Hall–Kier alpha value is -2.72. The van der Waals surface area contributed by atoms with Gasteiger partial charge in [0.05, 0.1) is 12.1 Å². The van der Waals surface area contributed by atoms with Crippen LogP contribution in [0.25, 0.3) is 0 Å². The van der Waals surface area contributed by atoms with Gasteiger partial charge in [0.2, 0.25) is 12.7 Å². The Kier molecular flexibility index (Phi) is 4.90. The van der Waals surface area contributed by atoms with Crippen LogP contribution >= 0.6 is 23.6 Å². The topological polar surface area (TPSA) is 94.1 Å². The summed E-state index contributed by atoms with van der Waals surface area (Å²) in [4.78, 5) is 16.7. The number of ether oxygens (including phenoxy) is 2. The van der Waals surface area contributed by atoms with Crippen molar-refractivity contribution < 1.29 is 14.3 Å². The third kappa shape index (κ3) is 4.01. The van der Waals surface area contributed by atoms with Gasteiger partial charge in [0.15, 0.2) is 21.4 Å². The zero-order valence-electron chi connectivity index (χ0n) is 14.5. The lowest BCUT2D eigenvalue weighted by atomic mass is 10.1. The summed E-state index contributed by atoms with van der Waals surface area (Å²) in [5.74, 6) is 2.19. The van der Waals surface area contributed by atoms with E-state index in [0.717, 1.165) is 28.6 Å². The number of carbonyl (C=O) groups excluding carboxylic acids is 1. The van der Waals surface area contributed by atoms with Crippen molar-refractivity contribution >= 4 is 34.6 Å². The van der Waals surface area contributed by atoms with Crippen molar-refractivity contribution in [3.05, 3.63) is 45.4 Å². The van der Waals surface area contributed by atoms with Gasteiger partial charge in [0.25, 0.3) is 0 Å². The second-order valence-corrected chi connectivity index (χ2v) is 7.31. The van der Waals surface area contributed by atoms with Gasteiger partial charge in [-0.1, -0.05) is 6.07 Å². The van der Waals surface area contributed by atoms with Gasteiger partial charge in [-0.2, -0.15) is 5.10 Å². The summed E-state index contributed by atoms with van der Waals surface area (Å²) in [5.41, 5.74) is 1.86. The minimum atomic E-state index is -0.0771. The third-order valence-corrected chi connectivity index (χ3v) is 5.36. The summed E-state index contributed by atoms with van der Waals surface area (Å²) < 4.78 is 13.0. The molecule has 10 heteroatoms. The van der Waals surface area contributed by atoms with Crippen molar-refractivity contribution in [3.8, 4) is 11.5 Å². The molecule has 3 heterocycles. The normalized spacial score (nSPS) is 12.3. The fourth-order valence-corrected chi connectivity index (χ4v) is 3.56. The third-order valence-electron chi connectivity index (χ3n) is 4.19. The molecule has 2 N–H and O–H groups in total. The van der Waals surface area contributed by atoms with Gasteiger partial charge in [0, 0.05) is 18.8 Å². The smallest absolute Gasteiger partial charge is 0.231 e. The number of aryl methyl sites for hydroxylation is 1. The first kappa shape index (κ1) is 17.7. The van der Waals surface area contributed by atoms with Crippen molar-refractivity contribution in [3.63, 3.8) is 0 Å². The number of carbonyl (C=O) groups is 1. The molecule has 140 valence electrons. The van der Waals surface area contributed by atoms with E-state index >= 15 is 0 Å². The molecule has 1 amide bonds. The number of hydrogen-bond acceptors (Lipinski definition) is 7. The van der Waals surface area contributed by atoms with Gasteiger partial charge in [-0.25, -0.2) is 4.98 Å². The molecule has 0 bridgehead atoms. The molecule has 0 saturated heterocycles. The highest BCUT2D eigenvalue weighted by atomic mass is 32.1. The summed E-state index contributed by atoms with van der Waals surface area (Å²) in [6.07, 6.45) is 1.53. The van der Waals surface area contributed by atoms with Crippen molar-refractivity contribution in [2.75, 3.05) is 12.1 Å². The summed E-state index contributed by atoms with van der Waals surface area (Å²) >= 11 is 6.50. The summed E-state index contributed by atoms with van der Waals surface area (Å²) in [5, 5.41) is 12.3. The van der Waals surface area contributed by atoms with Gasteiger partial charge >= 0.3 is 0 Å². The van der Waals surface area contributed by atoms with Crippen LogP contribution in [0.15, 0.2) is 23.6 Å². The molecule has 0 saturated carbocycles. The maximum atomic E-state index is 12.2. The van der Waals surface area contributed by atoms with Gasteiger partial charge in [-0.3, -0.25) is 9.89 Å². The molecule has 27 heavy (non-hydrogen) atoms. The fourth-order valence-electron chi connectivity index (χ4n) is 2.68. The number of aromatic amines is 1. The summed E-state index contributed by atoms with van der Waals surface area (Å²) in [6.45, 7) is 0.246. The van der Waals surface area contributed by atoms with Gasteiger partial charge in [-0.15, -0.1) is 11.3 Å². The first-order valence-corrected chi connectivity index (χ1v) is 9.60. The van der Waals surface area contributed by atoms with Crippen LogP contribution in [0.4, 0.5) is 5.13 Å². The van der Waals surface area contributed by atoms with Crippen LogP contribution in [0, 0.1) is 4.77 Å². The van der Waals surface area contributed by atoms with E-state index in [1.807, 2.05) is 30.6 Å². The average Bonchev–Trinajstić information content (AvgIpc) is 3.37. The maximum absolute atomic E-state index is 12.2. The molecule has 1 aliphatic heterocycles. The number of fused-ring (bicyclic) bond motifs is 1. The molecule has 0 unspecified atom stereocenters. The Morgan fingerprint density at radius 3 is 3.07 bits per heavy atom. The Labute approximate surface area is 164 Å². The Morgan fingerprint density at radius 1 is 1.41 bits per heavy atom. The van der Waals surface area contributed by atoms with E-state index in [1.54, 1.807) is 4.57 Å². The molecule has 0 spiro atoms. The monoisotopic (exact) mass is 403 g/mol. The molecule has 0 atom stereocenters. The number of amides is 1. The second kappa shape index (κ2) is 7.49. The summed E-state index contributed by atoms with van der Waals surface area (Å²) in [6, 6.07) is 5.72. The van der Waals surface area contributed by atoms with Gasteiger partial charge in [-0.05, 0) is 36.3 Å². The van der Waals surface area contributed by atoms with Crippen molar-refractivity contribution in [2.24, 2.45) is 7.05 Å². The van der Waals surface area contributed by atoms with E-state index in [1.165, 1.54) is 11.3 Å². The van der Waals surface area contributed by atoms with Crippen LogP contribution in [0.3, 0.4) is 0 Å². The Balaban J connectivity index is 1.31. The molecule has 4 rings (SSSR count). The van der Waals surface area contributed by atoms with E-state index in [2.05, 4.69) is 20.5 Å². The van der Waals surface area contributed by atoms with Crippen LogP contribution in [-0.4, -0.2) is 32.4 Å². The first-order valence-electron chi connectivity index (χ1n) is 8.31. The number of thiazole rings is 1. The maximum Gasteiger partial charge on any atom is 0.231 e. The van der Waals surface area contributed by atoms with Crippen molar-refractivity contribution in [2.45, 2.75) is 19.3 Å². The number of rotatable bonds is 6. The number of benzene rings is 1. The largest absolute Gasteiger partial charge is 0.454 e. The van der Waals surface area contributed by atoms with E-state index < -0.39 is 0 Å². The van der Waals surface area contributed by atoms with Gasteiger partial charge < -0.3 is 19.4 Å². The second-order valence-electron chi connectivity index (χ2n) is 6.06. The zero-order valence-corrected chi connectivity index (χ0v) is 16.2. The molecule has 0 radical (unpaired) electrons. The number of nitrogens with one attached hydrogen (secondary N) is 2. The molecular weight excluding hydrogens is 386 g/mol. The fraction of sp³-hybridized carbons (Fsp3) is 0.294. The minimum absolute atomic E-state index is 0.0771. The van der Waals surface area contributed by atoms with E-state index in [9.17, 15) is 4.79 Å². The van der Waals surface area contributed by atoms with Crippen molar-refractivity contribution in [1.29, 1.82) is 0 Å². The predicted molar refractivity (Wildman–Crippen MR) is 103 cm³/mol. The zero-order chi connectivity index (χ0) is 18.8. The molecule has 8 nitrogen and oxygen atoms in total. The Morgan fingerprint density at radius 2 is 2.26 bits per heavy atom. The SMILES string of the molecule is Cn1c(Cc2csc(NC(=O)CCc3ccc4c(c3)OCO4)n2)n[nH]c1=S. The minimum Gasteiger partial charge on any atom is -0.454 e. The lowest BCUT2D eigenvalue weighted by Gasteiger charge is -2.04.